The first kappa shape index (κ1) is 18.6. The van der Waals surface area contributed by atoms with E-state index in [1.54, 1.807) is 18.6 Å². The van der Waals surface area contributed by atoms with Crippen molar-refractivity contribution in [2.75, 3.05) is 29.5 Å². The fourth-order valence-electron chi connectivity index (χ4n) is 3.61. The van der Waals surface area contributed by atoms with Crippen molar-refractivity contribution in [1.29, 1.82) is 0 Å². The summed E-state index contributed by atoms with van der Waals surface area (Å²) in [5.74, 6) is 1.32. The van der Waals surface area contributed by atoms with E-state index in [2.05, 4.69) is 38.1 Å². The van der Waals surface area contributed by atoms with Crippen LogP contribution in [0.25, 0.3) is 0 Å². The second-order valence-electron chi connectivity index (χ2n) is 6.95. The number of rotatable bonds is 5. The summed E-state index contributed by atoms with van der Waals surface area (Å²) >= 11 is 0. The van der Waals surface area contributed by atoms with Crippen molar-refractivity contribution in [1.82, 2.24) is 15.0 Å². The average molecular weight is 395 g/mol. The normalized spacial score (nSPS) is 16.2. The molecule has 6 nitrogen and oxygen atoms in total. The summed E-state index contributed by atoms with van der Waals surface area (Å²) in [5.41, 5.74) is 3.33. The molecule has 0 spiro atoms. The Balaban J connectivity index is 1.67. The second-order valence-corrected chi connectivity index (χ2v) is 9.26. The van der Waals surface area contributed by atoms with Gasteiger partial charge in [0.25, 0.3) is 0 Å². The van der Waals surface area contributed by atoms with Crippen LogP contribution in [-0.4, -0.2) is 48.0 Å². The molecule has 1 saturated heterocycles. The van der Waals surface area contributed by atoms with E-state index >= 15 is 0 Å². The Morgan fingerprint density at radius 3 is 2.07 bits per heavy atom. The highest BCUT2D eigenvalue weighted by molar-refractivity contribution is 7.91. The Morgan fingerprint density at radius 2 is 1.50 bits per heavy atom. The summed E-state index contributed by atoms with van der Waals surface area (Å²) in [6.07, 6.45) is 9.83. The lowest BCUT2D eigenvalue weighted by atomic mass is 9.87. The van der Waals surface area contributed by atoms with Crippen molar-refractivity contribution in [2.24, 2.45) is 0 Å². The van der Waals surface area contributed by atoms with Gasteiger partial charge in [-0.3, -0.25) is 9.97 Å². The number of nitrogens with zero attached hydrogens (tertiary/aromatic N) is 4. The summed E-state index contributed by atoms with van der Waals surface area (Å²) < 4.78 is 23.6. The molecule has 1 fully saturated rings. The smallest absolute Gasteiger partial charge is 0.153 e. The van der Waals surface area contributed by atoms with E-state index in [1.807, 2.05) is 30.6 Å². The number of pyridine rings is 3. The summed E-state index contributed by atoms with van der Waals surface area (Å²) in [4.78, 5) is 15.2. The molecule has 7 heteroatoms. The molecule has 0 unspecified atom stereocenters. The Kier molecular flexibility index (Phi) is 5.34. The predicted octanol–water partition coefficient (Wildman–Crippen LogP) is 2.48. The molecule has 1 aliphatic heterocycles. The Morgan fingerprint density at radius 1 is 0.893 bits per heavy atom. The maximum Gasteiger partial charge on any atom is 0.153 e. The number of hydrogen-bond acceptors (Lipinski definition) is 6. The molecule has 0 radical (unpaired) electrons. The fraction of sp³-hybridized carbons (Fsp3) is 0.286. The standard InChI is InChI=1S/C21H22N4O2S/c26-28(27)12-10-25(11-13-28)21-17(4-3-9-24-21)14-20(18-5-1-7-22-15-18)19-6-2-8-23-16-19/h1-9,15-16,20H,10-14H2. The van der Waals surface area contributed by atoms with Crippen LogP contribution in [0.5, 0.6) is 0 Å². The minimum atomic E-state index is -2.93. The Labute approximate surface area is 165 Å². The largest absolute Gasteiger partial charge is 0.354 e. The van der Waals surface area contributed by atoms with Gasteiger partial charge in [-0.1, -0.05) is 18.2 Å². The topological polar surface area (TPSA) is 76.1 Å². The van der Waals surface area contributed by atoms with Crippen LogP contribution in [0.1, 0.15) is 22.6 Å². The fourth-order valence-corrected chi connectivity index (χ4v) is 4.81. The van der Waals surface area contributed by atoms with Gasteiger partial charge in [0.15, 0.2) is 9.84 Å². The minimum Gasteiger partial charge on any atom is -0.354 e. The van der Waals surface area contributed by atoms with Gasteiger partial charge in [0.1, 0.15) is 5.82 Å². The molecule has 0 amide bonds. The summed E-state index contributed by atoms with van der Waals surface area (Å²) in [6, 6.07) is 12.0. The molecule has 144 valence electrons. The van der Waals surface area contributed by atoms with Gasteiger partial charge < -0.3 is 4.90 Å². The minimum absolute atomic E-state index is 0.0962. The van der Waals surface area contributed by atoms with Gasteiger partial charge in [-0.25, -0.2) is 13.4 Å². The van der Waals surface area contributed by atoms with Crippen LogP contribution in [0.15, 0.2) is 67.4 Å². The first-order chi connectivity index (χ1) is 13.6. The summed E-state index contributed by atoms with van der Waals surface area (Å²) in [5, 5.41) is 0. The van der Waals surface area contributed by atoms with Crippen LogP contribution in [0, 0.1) is 0 Å². The summed E-state index contributed by atoms with van der Waals surface area (Å²) in [7, 11) is -2.93. The number of aromatic nitrogens is 3. The molecule has 1 aliphatic rings. The maximum atomic E-state index is 11.8. The van der Waals surface area contributed by atoms with E-state index in [1.165, 1.54) is 0 Å². The van der Waals surface area contributed by atoms with Gasteiger partial charge in [0, 0.05) is 50.0 Å². The molecule has 0 bridgehead atoms. The Bertz CT molecular complexity index is 973. The third kappa shape index (κ3) is 4.20. The van der Waals surface area contributed by atoms with E-state index in [4.69, 9.17) is 0 Å². The van der Waals surface area contributed by atoms with Gasteiger partial charge in [-0.15, -0.1) is 0 Å². The second kappa shape index (κ2) is 8.06. The highest BCUT2D eigenvalue weighted by Crippen LogP contribution is 2.31. The van der Waals surface area contributed by atoms with Crippen LogP contribution in [0.2, 0.25) is 0 Å². The van der Waals surface area contributed by atoms with Crippen molar-refractivity contribution in [3.63, 3.8) is 0 Å². The quantitative estimate of drug-likeness (QED) is 0.662. The Hall–Kier alpha value is -2.80. The molecular weight excluding hydrogens is 372 g/mol. The van der Waals surface area contributed by atoms with Gasteiger partial charge in [0.05, 0.1) is 11.5 Å². The van der Waals surface area contributed by atoms with E-state index in [0.717, 1.165) is 28.9 Å². The van der Waals surface area contributed by atoms with Crippen molar-refractivity contribution in [2.45, 2.75) is 12.3 Å². The van der Waals surface area contributed by atoms with Gasteiger partial charge in [-0.2, -0.15) is 0 Å². The first-order valence-corrected chi connectivity index (χ1v) is 11.1. The number of sulfone groups is 1. The number of anilines is 1. The molecule has 28 heavy (non-hydrogen) atoms. The van der Waals surface area contributed by atoms with Gasteiger partial charge in [0.2, 0.25) is 0 Å². The van der Waals surface area contributed by atoms with E-state index in [0.29, 0.717) is 13.1 Å². The van der Waals surface area contributed by atoms with Crippen LogP contribution in [0.4, 0.5) is 5.82 Å². The lowest BCUT2D eigenvalue weighted by Crippen LogP contribution is -2.41. The predicted molar refractivity (Wildman–Crippen MR) is 109 cm³/mol. The number of hydrogen-bond donors (Lipinski definition) is 0. The van der Waals surface area contributed by atoms with Crippen LogP contribution < -0.4 is 4.90 Å². The third-order valence-corrected chi connectivity index (χ3v) is 6.72. The molecule has 3 aromatic rings. The van der Waals surface area contributed by atoms with Gasteiger partial charge >= 0.3 is 0 Å². The molecule has 0 N–H and O–H groups in total. The monoisotopic (exact) mass is 394 g/mol. The zero-order valence-electron chi connectivity index (χ0n) is 15.5. The van der Waals surface area contributed by atoms with Gasteiger partial charge in [-0.05, 0) is 41.3 Å². The van der Waals surface area contributed by atoms with Crippen molar-refractivity contribution < 1.29 is 8.42 Å². The van der Waals surface area contributed by atoms with E-state index in [-0.39, 0.29) is 17.4 Å². The molecule has 4 rings (SSSR count). The third-order valence-electron chi connectivity index (χ3n) is 5.11. The average Bonchev–Trinajstić information content (AvgIpc) is 2.74. The maximum absolute atomic E-state index is 11.8. The van der Waals surface area contributed by atoms with Crippen molar-refractivity contribution in [3.8, 4) is 0 Å². The summed E-state index contributed by atoms with van der Waals surface area (Å²) in [6.45, 7) is 0.966. The van der Waals surface area contributed by atoms with Crippen molar-refractivity contribution in [3.05, 3.63) is 84.1 Å². The molecule has 3 aromatic heterocycles. The molecule has 0 atom stereocenters. The zero-order chi connectivity index (χ0) is 19.4. The van der Waals surface area contributed by atoms with Crippen LogP contribution in [0.3, 0.4) is 0 Å². The van der Waals surface area contributed by atoms with Crippen LogP contribution >= 0.6 is 0 Å². The molecule has 0 aliphatic carbocycles. The highest BCUT2D eigenvalue weighted by Gasteiger charge is 2.25. The zero-order valence-corrected chi connectivity index (χ0v) is 16.3. The van der Waals surface area contributed by atoms with E-state index < -0.39 is 9.84 Å². The van der Waals surface area contributed by atoms with E-state index in [9.17, 15) is 8.42 Å². The SMILES string of the molecule is O=S1(=O)CCN(c2ncccc2CC(c2cccnc2)c2cccnc2)CC1. The molecular formula is C21H22N4O2S. The lowest BCUT2D eigenvalue weighted by Gasteiger charge is -2.30. The van der Waals surface area contributed by atoms with Crippen molar-refractivity contribution >= 4 is 15.7 Å². The highest BCUT2D eigenvalue weighted by atomic mass is 32.2. The molecule has 0 saturated carbocycles. The van der Waals surface area contributed by atoms with Crippen LogP contribution in [-0.2, 0) is 16.3 Å². The first-order valence-electron chi connectivity index (χ1n) is 9.31. The lowest BCUT2D eigenvalue weighted by molar-refractivity contribution is 0.586. The molecule has 4 heterocycles. The molecule has 0 aromatic carbocycles.